The second-order valence-corrected chi connectivity index (χ2v) is 6.58. The monoisotopic (exact) mass is 376 g/mol. The first-order chi connectivity index (χ1) is 12.8. The highest BCUT2D eigenvalue weighted by Gasteiger charge is 2.37. The van der Waals surface area contributed by atoms with Crippen molar-refractivity contribution in [1.82, 2.24) is 4.90 Å². The van der Waals surface area contributed by atoms with E-state index in [1.165, 1.54) is 24.0 Å². The zero-order chi connectivity index (χ0) is 19.6. The minimum Gasteiger partial charge on any atom is -0.331 e. The average molecular weight is 376 g/mol. The van der Waals surface area contributed by atoms with Crippen LogP contribution in [0.3, 0.4) is 0 Å². The van der Waals surface area contributed by atoms with Gasteiger partial charge in [0.15, 0.2) is 0 Å². The number of hydrogen-bond donors (Lipinski definition) is 1. The molecule has 3 rings (SSSR count). The number of alkyl halides is 3. The molecule has 0 aliphatic heterocycles. The van der Waals surface area contributed by atoms with Crippen LogP contribution in [0.5, 0.6) is 0 Å². The van der Waals surface area contributed by atoms with E-state index in [4.69, 9.17) is 0 Å². The Morgan fingerprint density at radius 1 is 1.07 bits per heavy atom. The van der Waals surface area contributed by atoms with E-state index >= 15 is 0 Å². The number of halogens is 3. The van der Waals surface area contributed by atoms with Gasteiger partial charge in [-0.1, -0.05) is 18.2 Å². The van der Waals surface area contributed by atoms with Gasteiger partial charge in [-0.25, -0.2) is 0 Å². The van der Waals surface area contributed by atoms with Crippen molar-refractivity contribution in [2.45, 2.75) is 38.5 Å². The number of carbonyl (C=O) groups is 2. The largest absolute Gasteiger partial charge is 0.416 e. The maximum absolute atomic E-state index is 13.3. The van der Waals surface area contributed by atoms with Crippen LogP contribution in [0.1, 0.15) is 41.3 Å². The average Bonchev–Trinajstić information content (AvgIpc) is 3.44. The number of benzene rings is 2. The van der Waals surface area contributed by atoms with Crippen molar-refractivity contribution in [2.24, 2.45) is 0 Å². The van der Waals surface area contributed by atoms with Gasteiger partial charge in [-0.15, -0.1) is 0 Å². The number of nitrogens with zero attached hydrogens (tertiary/aromatic N) is 1. The minimum absolute atomic E-state index is 0.0474. The number of hydrogen-bond acceptors (Lipinski definition) is 2. The molecule has 2 aromatic carbocycles. The second kappa shape index (κ2) is 7.42. The van der Waals surface area contributed by atoms with Crippen LogP contribution in [0.2, 0.25) is 0 Å². The molecule has 1 N–H and O–H groups in total. The molecule has 0 unspecified atom stereocenters. The highest BCUT2D eigenvalue weighted by atomic mass is 19.4. The molecule has 7 heteroatoms. The van der Waals surface area contributed by atoms with Crippen molar-refractivity contribution >= 4 is 17.5 Å². The topological polar surface area (TPSA) is 49.4 Å². The molecule has 27 heavy (non-hydrogen) atoms. The molecule has 2 aromatic rings. The first-order valence-electron chi connectivity index (χ1n) is 8.59. The maximum atomic E-state index is 13.3. The van der Waals surface area contributed by atoms with E-state index in [-0.39, 0.29) is 30.0 Å². The van der Waals surface area contributed by atoms with Crippen molar-refractivity contribution < 1.29 is 22.8 Å². The summed E-state index contributed by atoms with van der Waals surface area (Å²) in [5.41, 5.74) is 0.296. The molecule has 0 radical (unpaired) electrons. The number of rotatable bonds is 5. The molecule has 0 bridgehead atoms. The molecule has 0 spiro atoms. The summed E-state index contributed by atoms with van der Waals surface area (Å²) in [4.78, 5) is 25.5. The maximum Gasteiger partial charge on any atom is 0.416 e. The molecule has 1 fully saturated rings. The lowest BCUT2D eigenvalue weighted by molar-refractivity contribution is -0.138. The quantitative estimate of drug-likeness (QED) is 0.837. The van der Waals surface area contributed by atoms with Crippen molar-refractivity contribution in [3.05, 3.63) is 65.2 Å². The van der Waals surface area contributed by atoms with Gasteiger partial charge in [0.2, 0.25) is 5.91 Å². The predicted molar refractivity (Wildman–Crippen MR) is 95.1 cm³/mol. The first kappa shape index (κ1) is 18.9. The molecular weight excluding hydrogens is 357 g/mol. The van der Waals surface area contributed by atoms with Gasteiger partial charge in [-0.3, -0.25) is 9.59 Å². The van der Waals surface area contributed by atoms with Crippen molar-refractivity contribution in [2.75, 3.05) is 5.32 Å². The van der Waals surface area contributed by atoms with Crippen LogP contribution in [0.15, 0.2) is 48.5 Å². The molecule has 0 saturated heterocycles. The van der Waals surface area contributed by atoms with Crippen molar-refractivity contribution in [1.29, 1.82) is 0 Å². The Kier molecular flexibility index (Phi) is 5.21. The zero-order valence-corrected chi connectivity index (χ0v) is 14.7. The molecule has 1 aliphatic rings. The van der Waals surface area contributed by atoms with Gasteiger partial charge < -0.3 is 10.2 Å². The van der Waals surface area contributed by atoms with Crippen LogP contribution < -0.4 is 5.32 Å². The van der Waals surface area contributed by atoms with E-state index in [0.717, 1.165) is 18.9 Å². The number of nitrogens with one attached hydrogen (secondary N) is 1. The number of anilines is 1. The lowest BCUT2D eigenvalue weighted by Gasteiger charge is -2.24. The fourth-order valence-electron chi connectivity index (χ4n) is 2.94. The third-order valence-electron chi connectivity index (χ3n) is 4.36. The van der Waals surface area contributed by atoms with E-state index in [2.05, 4.69) is 5.32 Å². The van der Waals surface area contributed by atoms with Crippen LogP contribution in [0.4, 0.5) is 18.9 Å². The summed E-state index contributed by atoms with van der Waals surface area (Å²) in [6, 6.07) is 11.6. The molecule has 2 amide bonds. The summed E-state index contributed by atoms with van der Waals surface area (Å²) >= 11 is 0. The van der Waals surface area contributed by atoms with E-state index in [1.807, 2.05) is 0 Å². The van der Waals surface area contributed by atoms with Gasteiger partial charge in [-0.2, -0.15) is 13.2 Å². The smallest absolute Gasteiger partial charge is 0.331 e. The Hall–Kier alpha value is -2.83. The Balaban J connectivity index is 1.83. The Morgan fingerprint density at radius 2 is 1.70 bits per heavy atom. The molecule has 4 nitrogen and oxygen atoms in total. The minimum atomic E-state index is -4.46. The first-order valence-corrected chi connectivity index (χ1v) is 8.59. The second-order valence-electron chi connectivity index (χ2n) is 6.58. The van der Waals surface area contributed by atoms with Crippen LogP contribution in [-0.2, 0) is 17.5 Å². The summed E-state index contributed by atoms with van der Waals surface area (Å²) in [6.07, 6.45) is -2.90. The third-order valence-corrected chi connectivity index (χ3v) is 4.36. The van der Waals surface area contributed by atoms with Crippen LogP contribution in [0.25, 0.3) is 0 Å². The summed E-state index contributed by atoms with van der Waals surface area (Å²) in [7, 11) is 0. The van der Waals surface area contributed by atoms with Crippen LogP contribution in [-0.4, -0.2) is 22.8 Å². The SMILES string of the molecule is CC(=O)Nc1ccc(C(=O)N(Cc2ccccc2C(F)(F)F)C2CC2)cc1. The van der Waals surface area contributed by atoms with Crippen LogP contribution in [0, 0.1) is 0 Å². The zero-order valence-electron chi connectivity index (χ0n) is 14.7. The lowest BCUT2D eigenvalue weighted by Crippen LogP contribution is -2.33. The molecule has 0 atom stereocenters. The summed E-state index contributed by atoms with van der Waals surface area (Å²) < 4.78 is 39.8. The van der Waals surface area contributed by atoms with Gasteiger partial charge in [0.1, 0.15) is 0 Å². The fourth-order valence-corrected chi connectivity index (χ4v) is 2.94. The molecule has 1 aliphatic carbocycles. The molecular formula is C20H19F3N2O2. The van der Waals surface area contributed by atoms with Gasteiger partial charge in [0, 0.05) is 30.8 Å². The molecule has 1 saturated carbocycles. The van der Waals surface area contributed by atoms with Gasteiger partial charge in [0.05, 0.1) is 5.56 Å². The van der Waals surface area contributed by atoms with Crippen LogP contribution >= 0.6 is 0 Å². The lowest BCUT2D eigenvalue weighted by atomic mass is 10.1. The number of amides is 2. The summed E-state index contributed by atoms with van der Waals surface area (Å²) in [5.74, 6) is -0.540. The Morgan fingerprint density at radius 3 is 2.26 bits per heavy atom. The molecule has 0 aromatic heterocycles. The summed E-state index contributed by atoms with van der Waals surface area (Å²) in [6.45, 7) is 1.29. The molecule has 0 heterocycles. The Bertz CT molecular complexity index is 843. The van der Waals surface area contributed by atoms with Crippen molar-refractivity contribution in [3.63, 3.8) is 0 Å². The fraction of sp³-hybridized carbons (Fsp3) is 0.300. The van der Waals surface area contributed by atoms with Gasteiger partial charge in [-0.05, 0) is 48.7 Å². The predicted octanol–water partition coefficient (Wildman–Crippen LogP) is 4.47. The van der Waals surface area contributed by atoms with Gasteiger partial charge >= 0.3 is 6.18 Å². The van der Waals surface area contributed by atoms with Gasteiger partial charge in [0.25, 0.3) is 5.91 Å². The summed E-state index contributed by atoms with van der Waals surface area (Å²) in [5, 5.41) is 2.61. The number of carbonyl (C=O) groups excluding carboxylic acids is 2. The van der Waals surface area contributed by atoms with E-state index in [9.17, 15) is 22.8 Å². The normalized spacial score (nSPS) is 13.9. The van der Waals surface area contributed by atoms with E-state index < -0.39 is 11.7 Å². The standard InChI is InChI=1S/C20H19F3N2O2/c1-13(26)24-16-8-6-14(7-9-16)19(27)25(17-10-11-17)12-15-4-2-3-5-18(15)20(21,22)23/h2-9,17H,10-12H2,1H3,(H,24,26). The highest BCUT2D eigenvalue weighted by molar-refractivity contribution is 5.95. The van der Waals surface area contributed by atoms with E-state index in [1.54, 1.807) is 30.3 Å². The molecule has 142 valence electrons. The third kappa shape index (κ3) is 4.67. The highest BCUT2D eigenvalue weighted by Crippen LogP contribution is 2.35. The Labute approximate surface area is 155 Å². The van der Waals surface area contributed by atoms with Crippen molar-refractivity contribution in [3.8, 4) is 0 Å². The van der Waals surface area contributed by atoms with E-state index in [0.29, 0.717) is 11.3 Å².